The Bertz CT molecular complexity index is 2060. The highest BCUT2D eigenvalue weighted by Gasteiger charge is 2.21. The Morgan fingerprint density at radius 1 is 0.500 bits per heavy atom. The molecule has 0 unspecified atom stereocenters. The van der Waals surface area contributed by atoms with Crippen molar-refractivity contribution >= 4 is 75.0 Å². The van der Waals surface area contributed by atoms with Crippen LogP contribution in [-0.2, 0) is 0 Å². The third kappa shape index (κ3) is 2.33. The molecule has 0 saturated heterocycles. The number of benzene rings is 6. The molecule has 0 saturated carbocycles. The molecule has 8 rings (SSSR count). The summed E-state index contributed by atoms with van der Waals surface area (Å²) in [5, 5.41) is 10.0. The molecule has 8 aromatic rings. The van der Waals surface area contributed by atoms with Crippen LogP contribution in [0.3, 0.4) is 0 Å². The Morgan fingerprint density at radius 3 is 2.03 bits per heavy atom. The lowest BCUT2D eigenvalue weighted by molar-refractivity contribution is 0.673. The molecule has 158 valence electrons. The van der Waals surface area contributed by atoms with Crippen molar-refractivity contribution in [3.05, 3.63) is 109 Å². The minimum atomic E-state index is 0.940. The van der Waals surface area contributed by atoms with E-state index in [9.17, 15) is 0 Å². The second-order valence-electron chi connectivity index (χ2n) is 8.86. The number of hydrogen-bond donors (Lipinski definition) is 0. The van der Waals surface area contributed by atoms with Crippen LogP contribution >= 0.6 is 11.3 Å². The molecular weight excluding hydrogens is 432 g/mol. The topological polar surface area (TPSA) is 13.1 Å². The van der Waals surface area contributed by atoms with E-state index in [2.05, 4.69) is 109 Å². The molecule has 2 aromatic heterocycles. The van der Waals surface area contributed by atoms with Gasteiger partial charge in [-0.05, 0) is 34.5 Å². The monoisotopic (exact) mass is 450 g/mol. The lowest BCUT2D eigenvalue weighted by Gasteiger charge is -2.12. The van der Waals surface area contributed by atoms with Gasteiger partial charge in [-0.15, -0.1) is 11.3 Å². The van der Waals surface area contributed by atoms with Gasteiger partial charge in [0.15, 0.2) is 0 Å². The van der Waals surface area contributed by atoms with Crippen LogP contribution in [-0.4, -0.2) is 0 Å². The summed E-state index contributed by atoms with van der Waals surface area (Å²) in [6.07, 6.45) is 0. The number of hydrogen-bond acceptors (Lipinski definition) is 2. The Hall–Kier alpha value is -4.14. The summed E-state index contributed by atoms with van der Waals surface area (Å²) in [5.74, 6) is 0. The summed E-state index contributed by atoms with van der Waals surface area (Å²) >= 11 is 1.89. The molecule has 0 aliphatic carbocycles. The van der Waals surface area contributed by atoms with Gasteiger partial charge >= 0.3 is 0 Å². The van der Waals surface area contributed by atoms with E-state index in [0.29, 0.717) is 0 Å². The maximum Gasteiger partial charge on any atom is 0.143 e. The summed E-state index contributed by atoms with van der Waals surface area (Å²) in [7, 11) is 0. The molecule has 0 N–H and O–H groups in total. The summed E-state index contributed by atoms with van der Waals surface area (Å²) in [5.41, 5.74) is 4.46. The summed E-state index contributed by atoms with van der Waals surface area (Å²) < 4.78 is 9.18. The Kier molecular flexibility index (Phi) is 3.60. The standard InChI is InChI=1S/C32H18OS/c1-2-10-19(11-3-1)24-18-25-20-12-4-5-13-21(20)31-29(22-14-6-8-16-26(22)33-31)28(25)30-23-15-7-9-17-27(23)34-32(24)30/h1-18H. The maximum absolute atomic E-state index is 6.53. The molecule has 0 fully saturated rings. The zero-order valence-electron chi connectivity index (χ0n) is 18.2. The van der Waals surface area contributed by atoms with Gasteiger partial charge in [0.1, 0.15) is 11.2 Å². The van der Waals surface area contributed by atoms with Crippen molar-refractivity contribution in [3.8, 4) is 11.1 Å². The molecule has 0 radical (unpaired) electrons. The van der Waals surface area contributed by atoms with Gasteiger partial charge in [-0.1, -0.05) is 91.0 Å². The number of thiophene rings is 1. The highest BCUT2D eigenvalue weighted by Crippen LogP contribution is 2.50. The van der Waals surface area contributed by atoms with Crippen LogP contribution in [0.4, 0.5) is 0 Å². The largest absolute Gasteiger partial charge is 0.455 e. The fourth-order valence-corrected chi connectivity index (χ4v) is 6.85. The first-order valence-corrected chi connectivity index (χ1v) is 12.4. The Labute approximate surface area is 199 Å². The third-order valence-electron chi connectivity index (χ3n) is 7.04. The zero-order chi connectivity index (χ0) is 22.2. The normalized spacial score (nSPS) is 12.1. The SMILES string of the molecule is c1ccc(-c2cc3c4ccccc4c4oc5ccccc5c4c3c3c2sc2ccccc23)cc1. The molecule has 0 spiro atoms. The second kappa shape index (κ2) is 6.69. The van der Waals surface area contributed by atoms with Gasteiger partial charge in [0.25, 0.3) is 0 Å². The molecule has 0 amide bonds. The van der Waals surface area contributed by atoms with Gasteiger partial charge in [0.05, 0.1) is 0 Å². The fourth-order valence-electron chi connectivity index (χ4n) is 5.60. The quantitative estimate of drug-likeness (QED) is 0.227. The summed E-state index contributed by atoms with van der Waals surface area (Å²) in [4.78, 5) is 0. The summed E-state index contributed by atoms with van der Waals surface area (Å²) in [6, 6.07) is 39.1. The fraction of sp³-hybridized carbons (Fsp3) is 0. The van der Waals surface area contributed by atoms with Gasteiger partial charge in [0, 0.05) is 47.3 Å². The highest BCUT2D eigenvalue weighted by molar-refractivity contribution is 7.26. The zero-order valence-corrected chi connectivity index (χ0v) is 19.0. The van der Waals surface area contributed by atoms with Gasteiger partial charge < -0.3 is 4.42 Å². The second-order valence-corrected chi connectivity index (χ2v) is 9.92. The van der Waals surface area contributed by atoms with E-state index in [1.807, 2.05) is 11.3 Å². The van der Waals surface area contributed by atoms with E-state index in [0.717, 1.165) is 11.2 Å². The van der Waals surface area contributed by atoms with E-state index in [-0.39, 0.29) is 0 Å². The van der Waals surface area contributed by atoms with Crippen molar-refractivity contribution in [3.63, 3.8) is 0 Å². The van der Waals surface area contributed by atoms with Crippen molar-refractivity contribution in [2.45, 2.75) is 0 Å². The molecule has 0 aliphatic heterocycles. The van der Waals surface area contributed by atoms with Crippen LogP contribution in [0.1, 0.15) is 0 Å². The van der Waals surface area contributed by atoms with Crippen molar-refractivity contribution < 1.29 is 4.42 Å². The van der Waals surface area contributed by atoms with Gasteiger partial charge in [0.2, 0.25) is 0 Å². The minimum Gasteiger partial charge on any atom is -0.455 e. The lowest BCUT2D eigenvalue weighted by Crippen LogP contribution is -1.85. The first-order chi connectivity index (χ1) is 16.9. The highest BCUT2D eigenvalue weighted by atomic mass is 32.1. The van der Waals surface area contributed by atoms with Crippen molar-refractivity contribution in [1.29, 1.82) is 0 Å². The smallest absolute Gasteiger partial charge is 0.143 e. The number of fused-ring (bicyclic) bond motifs is 12. The molecule has 6 aromatic carbocycles. The number of rotatable bonds is 1. The van der Waals surface area contributed by atoms with Crippen LogP contribution < -0.4 is 0 Å². The molecular formula is C32H18OS. The van der Waals surface area contributed by atoms with Crippen LogP contribution in [0.25, 0.3) is 74.8 Å². The number of furan rings is 1. The van der Waals surface area contributed by atoms with Gasteiger partial charge in [-0.25, -0.2) is 0 Å². The lowest BCUT2D eigenvalue weighted by atomic mass is 9.90. The van der Waals surface area contributed by atoms with Crippen molar-refractivity contribution in [2.24, 2.45) is 0 Å². The average Bonchev–Trinajstić information content (AvgIpc) is 3.48. The third-order valence-corrected chi connectivity index (χ3v) is 8.24. The van der Waals surface area contributed by atoms with E-state index in [1.165, 1.54) is 63.6 Å². The van der Waals surface area contributed by atoms with Gasteiger partial charge in [-0.2, -0.15) is 0 Å². The van der Waals surface area contributed by atoms with Gasteiger partial charge in [-0.3, -0.25) is 0 Å². The molecule has 2 heteroatoms. The molecule has 0 atom stereocenters. The van der Waals surface area contributed by atoms with Crippen LogP contribution in [0.2, 0.25) is 0 Å². The predicted octanol–water partition coefficient (Wildman–Crippen LogP) is 9.93. The molecule has 2 heterocycles. The summed E-state index contributed by atoms with van der Waals surface area (Å²) in [6.45, 7) is 0. The maximum atomic E-state index is 6.53. The van der Waals surface area contributed by atoms with Crippen molar-refractivity contribution in [1.82, 2.24) is 0 Å². The molecule has 0 bridgehead atoms. The molecule has 34 heavy (non-hydrogen) atoms. The van der Waals surface area contributed by atoms with Crippen LogP contribution in [0.15, 0.2) is 114 Å². The average molecular weight is 451 g/mol. The minimum absolute atomic E-state index is 0.940. The first-order valence-electron chi connectivity index (χ1n) is 11.5. The first kappa shape index (κ1) is 18.3. The van der Waals surface area contributed by atoms with Crippen LogP contribution in [0.5, 0.6) is 0 Å². The Balaban J connectivity index is 1.77. The number of para-hydroxylation sites is 1. The van der Waals surface area contributed by atoms with Crippen LogP contribution in [0, 0.1) is 0 Å². The van der Waals surface area contributed by atoms with E-state index in [1.54, 1.807) is 0 Å². The van der Waals surface area contributed by atoms with Crippen molar-refractivity contribution in [2.75, 3.05) is 0 Å². The Morgan fingerprint density at radius 2 is 1.18 bits per heavy atom. The predicted molar refractivity (Wildman–Crippen MR) is 147 cm³/mol. The van der Waals surface area contributed by atoms with E-state index in [4.69, 9.17) is 4.42 Å². The van der Waals surface area contributed by atoms with E-state index < -0.39 is 0 Å². The molecule has 0 aliphatic rings. The van der Waals surface area contributed by atoms with E-state index >= 15 is 0 Å². The molecule has 1 nitrogen and oxygen atoms in total.